The SMILES string of the molecule is CC(C)(C)OC(=O)N1[C@@H](Cc2ccccc2)[C@H](C[C@]2(Cc3ccccc3)NC=C([C@@H]3CNC(=O)c4ccccc43)C2=O)OC1(C)C. The molecule has 2 N–H and O–H groups in total. The van der Waals surface area contributed by atoms with Crippen LogP contribution in [-0.4, -0.2) is 58.2 Å². The molecule has 3 aromatic rings. The minimum atomic E-state index is -1.04. The van der Waals surface area contributed by atoms with E-state index in [-0.39, 0.29) is 17.6 Å². The first-order chi connectivity index (χ1) is 21.9. The highest BCUT2D eigenvalue weighted by atomic mass is 16.6. The third kappa shape index (κ3) is 6.18. The molecule has 6 rings (SSSR count). The number of hydrogen-bond acceptors (Lipinski definition) is 6. The van der Waals surface area contributed by atoms with Crippen LogP contribution in [0.1, 0.15) is 74.0 Å². The van der Waals surface area contributed by atoms with E-state index in [9.17, 15) is 14.4 Å². The average molecular weight is 622 g/mol. The lowest BCUT2D eigenvalue weighted by Crippen LogP contribution is -2.54. The molecule has 46 heavy (non-hydrogen) atoms. The van der Waals surface area contributed by atoms with Crippen molar-refractivity contribution >= 4 is 17.8 Å². The van der Waals surface area contributed by atoms with Crippen LogP contribution in [0.5, 0.6) is 0 Å². The Hall–Kier alpha value is -4.43. The van der Waals surface area contributed by atoms with Gasteiger partial charge in [-0.25, -0.2) is 4.79 Å². The van der Waals surface area contributed by atoms with Gasteiger partial charge in [-0.1, -0.05) is 78.9 Å². The highest BCUT2D eigenvalue weighted by Crippen LogP contribution is 2.43. The maximum Gasteiger partial charge on any atom is 0.412 e. The molecule has 8 heteroatoms. The normalized spacial score (nSPS) is 25.4. The van der Waals surface area contributed by atoms with Crippen LogP contribution in [0.3, 0.4) is 0 Å². The average Bonchev–Trinajstić information content (AvgIpc) is 3.44. The number of rotatable bonds is 7. The van der Waals surface area contributed by atoms with Crippen LogP contribution in [0.4, 0.5) is 4.79 Å². The molecule has 0 spiro atoms. The fraction of sp³-hybridized carbons (Fsp3) is 0.395. The maximum atomic E-state index is 14.8. The third-order valence-electron chi connectivity index (χ3n) is 9.18. The first kappa shape index (κ1) is 31.5. The van der Waals surface area contributed by atoms with Crippen molar-refractivity contribution in [2.75, 3.05) is 6.54 Å². The number of hydrogen-bond donors (Lipinski definition) is 2. The van der Waals surface area contributed by atoms with Gasteiger partial charge in [0.1, 0.15) is 16.9 Å². The van der Waals surface area contributed by atoms with E-state index < -0.39 is 35.1 Å². The van der Waals surface area contributed by atoms with Crippen LogP contribution in [0.25, 0.3) is 0 Å². The topological polar surface area (TPSA) is 97.0 Å². The van der Waals surface area contributed by atoms with Gasteiger partial charge >= 0.3 is 6.09 Å². The van der Waals surface area contributed by atoms with Crippen molar-refractivity contribution < 1.29 is 23.9 Å². The monoisotopic (exact) mass is 621 g/mol. The summed E-state index contributed by atoms with van der Waals surface area (Å²) in [5, 5.41) is 6.52. The van der Waals surface area contributed by atoms with Crippen LogP contribution < -0.4 is 10.6 Å². The van der Waals surface area contributed by atoms with Gasteiger partial charge in [-0.3, -0.25) is 14.5 Å². The summed E-state index contributed by atoms with van der Waals surface area (Å²) in [4.78, 5) is 43.0. The van der Waals surface area contributed by atoms with Crippen molar-refractivity contribution in [2.45, 2.75) is 88.8 Å². The Labute approximate surface area is 271 Å². The Kier molecular flexibility index (Phi) is 8.27. The fourth-order valence-electron chi connectivity index (χ4n) is 7.20. The molecule has 1 fully saturated rings. The Morgan fingerprint density at radius 1 is 0.935 bits per heavy atom. The number of nitrogens with one attached hydrogen (secondary N) is 2. The van der Waals surface area contributed by atoms with E-state index in [1.54, 1.807) is 11.0 Å². The molecule has 3 aliphatic rings. The summed E-state index contributed by atoms with van der Waals surface area (Å²) < 4.78 is 12.7. The second kappa shape index (κ2) is 12.1. The Morgan fingerprint density at radius 3 is 2.24 bits per heavy atom. The lowest BCUT2D eigenvalue weighted by atomic mass is 9.75. The quantitative estimate of drug-likeness (QED) is 0.340. The van der Waals surface area contributed by atoms with Crippen LogP contribution >= 0.6 is 0 Å². The largest absolute Gasteiger partial charge is 0.444 e. The molecule has 240 valence electrons. The molecular weight excluding hydrogens is 578 g/mol. The number of carbonyl (C=O) groups excluding carboxylic acids is 3. The number of amides is 2. The summed E-state index contributed by atoms with van der Waals surface area (Å²) in [7, 11) is 0. The second-order valence-electron chi connectivity index (χ2n) is 14.1. The molecule has 0 saturated carbocycles. The number of carbonyl (C=O) groups is 3. The predicted molar refractivity (Wildman–Crippen MR) is 176 cm³/mol. The first-order valence-corrected chi connectivity index (χ1v) is 16.0. The van der Waals surface area contributed by atoms with Crippen LogP contribution in [0.2, 0.25) is 0 Å². The molecule has 3 aromatic carbocycles. The van der Waals surface area contributed by atoms with Crippen molar-refractivity contribution in [3.63, 3.8) is 0 Å². The lowest BCUT2D eigenvalue weighted by molar-refractivity contribution is -0.123. The van der Waals surface area contributed by atoms with Crippen LogP contribution in [0.15, 0.2) is 96.7 Å². The summed E-state index contributed by atoms with van der Waals surface area (Å²) in [6.45, 7) is 9.67. The molecule has 2 amide bonds. The first-order valence-electron chi connectivity index (χ1n) is 16.0. The molecule has 1 saturated heterocycles. The van der Waals surface area contributed by atoms with Crippen LogP contribution in [-0.2, 0) is 27.1 Å². The zero-order valence-electron chi connectivity index (χ0n) is 27.2. The molecule has 0 bridgehead atoms. The van der Waals surface area contributed by atoms with E-state index in [0.29, 0.717) is 36.9 Å². The number of ketones is 1. The minimum Gasteiger partial charge on any atom is -0.444 e. The summed E-state index contributed by atoms with van der Waals surface area (Å²) in [6.07, 6.45) is 2.18. The van der Waals surface area contributed by atoms with E-state index in [0.717, 1.165) is 16.7 Å². The summed E-state index contributed by atoms with van der Waals surface area (Å²) >= 11 is 0. The highest BCUT2D eigenvalue weighted by molar-refractivity contribution is 6.07. The lowest BCUT2D eigenvalue weighted by Gasteiger charge is -2.36. The molecule has 4 atom stereocenters. The van der Waals surface area contributed by atoms with Gasteiger partial charge in [0.2, 0.25) is 0 Å². The van der Waals surface area contributed by atoms with Gasteiger partial charge in [-0.15, -0.1) is 0 Å². The van der Waals surface area contributed by atoms with Gasteiger partial charge < -0.3 is 20.1 Å². The molecular formula is C38H43N3O5. The fourth-order valence-corrected chi connectivity index (χ4v) is 7.20. The van der Waals surface area contributed by atoms with E-state index in [4.69, 9.17) is 9.47 Å². The van der Waals surface area contributed by atoms with Crippen molar-refractivity contribution in [1.82, 2.24) is 15.5 Å². The Morgan fingerprint density at radius 2 is 1.57 bits per heavy atom. The van der Waals surface area contributed by atoms with Gasteiger partial charge in [0, 0.05) is 42.6 Å². The third-order valence-corrected chi connectivity index (χ3v) is 9.18. The van der Waals surface area contributed by atoms with Crippen molar-refractivity contribution in [3.05, 3.63) is 119 Å². The predicted octanol–water partition coefficient (Wildman–Crippen LogP) is 5.92. The second-order valence-corrected chi connectivity index (χ2v) is 14.1. The van der Waals surface area contributed by atoms with Crippen molar-refractivity contribution in [2.24, 2.45) is 0 Å². The van der Waals surface area contributed by atoms with Gasteiger partial charge in [0.15, 0.2) is 5.78 Å². The summed E-state index contributed by atoms with van der Waals surface area (Å²) in [5.74, 6) is -0.442. The summed E-state index contributed by atoms with van der Waals surface area (Å²) in [5.41, 5.74) is 1.43. The molecule has 0 radical (unpaired) electrons. The number of Topliss-reactive ketones (excluding diaryl/α,β-unsaturated/α-hetero) is 1. The number of fused-ring (bicyclic) bond motifs is 1. The molecule has 3 heterocycles. The van der Waals surface area contributed by atoms with Crippen LogP contribution in [0, 0.1) is 0 Å². The number of benzene rings is 3. The summed E-state index contributed by atoms with van der Waals surface area (Å²) in [6, 6.07) is 27.1. The molecule has 8 nitrogen and oxygen atoms in total. The minimum absolute atomic E-state index is 0.0251. The maximum absolute atomic E-state index is 14.8. The zero-order valence-corrected chi connectivity index (χ0v) is 27.2. The van der Waals surface area contributed by atoms with Crippen molar-refractivity contribution in [1.29, 1.82) is 0 Å². The zero-order chi connectivity index (χ0) is 32.7. The molecule has 0 aromatic heterocycles. The van der Waals surface area contributed by atoms with E-state index in [2.05, 4.69) is 10.6 Å². The Balaban J connectivity index is 1.37. The standard InChI is InChI=1S/C38H43N3O5/c1-36(2,3)46-35(44)41-31(20-25-14-8-6-9-15-25)32(45-37(41,4)5)22-38(21-26-16-10-7-11-17-26)33(42)30(24-40-38)29-23-39-34(43)28-19-13-12-18-27(28)29/h6-19,24,29,31-32,40H,20-23H2,1-5H3,(H,39,43)/t29-,31+,32+,38+/m1/s1. The number of nitrogens with zero attached hydrogens (tertiary/aromatic N) is 1. The highest BCUT2D eigenvalue weighted by Gasteiger charge is 2.56. The van der Waals surface area contributed by atoms with Crippen molar-refractivity contribution in [3.8, 4) is 0 Å². The molecule has 0 unspecified atom stereocenters. The number of ether oxygens (including phenoxy) is 2. The van der Waals surface area contributed by atoms with E-state index in [1.165, 1.54) is 0 Å². The smallest absolute Gasteiger partial charge is 0.412 e. The Bertz CT molecular complexity index is 1650. The van der Waals surface area contributed by atoms with E-state index in [1.807, 2.05) is 120 Å². The van der Waals surface area contributed by atoms with Gasteiger partial charge in [0.25, 0.3) is 5.91 Å². The van der Waals surface area contributed by atoms with Gasteiger partial charge in [-0.05, 0) is 63.8 Å². The van der Waals surface area contributed by atoms with E-state index >= 15 is 0 Å². The van der Waals surface area contributed by atoms with Gasteiger partial charge in [0.05, 0.1) is 12.1 Å². The van der Waals surface area contributed by atoms with Gasteiger partial charge in [-0.2, -0.15) is 0 Å². The molecule has 0 aliphatic carbocycles. The molecule has 3 aliphatic heterocycles.